The van der Waals surface area contributed by atoms with Crippen LogP contribution < -0.4 is 5.32 Å². The topological polar surface area (TPSA) is 15.3 Å². The summed E-state index contributed by atoms with van der Waals surface area (Å²) in [6.45, 7) is 5.97. The molecule has 0 amide bonds. The van der Waals surface area contributed by atoms with Gasteiger partial charge in [0.15, 0.2) is 0 Å². The summed E-state index contributed by atoms with van der Waals surface area (Å²) in [5.74, 6) is 0. The minimum Gasteiger partial charge on any atom is -0.313 e. The van der Waals surface area contributed by atoms with Crippen molar-refractivity contribution in [2.75, 3.05) is 19.6 Å². The third-order valence-electron chi connectivity index (χ3n) is 4.93. The smallest absolute Gasteiger partial charge is 0.0351 e. The maximum atomic E-state index is 3.73. The molecule has 1 aliphatic heterocycles. The predicted octanol–water partition coefficient (Wildman–Crippen LogP) is 3.53. The van der Waals surface area contributed by atoms with Crippen LogP contribution in [-0.4, -0.2) is 30.6 Å². The molecule has 1 aliphatic carbocycles. The van der Waals surface area contributed by atoms with Gasteiger partial charge in [-0.2, -0.15) is 0 Å². The number of nitrogens with one attached hydrogen (secondary N) is 1. The molecule has 1 N–H and O–H groups in total. The largest absolute Gasteiger partial charge is 0.313 e. The Morgan fingerprint density at radius 2 is 2.15 bits per heavy atom. The van der Waals surface area contributed by atoms with Gasteiger partial charge in [0.25, 0.3) is 0 Å². The van der Waals surface area contributed by atoms with Crippen LogP contribution in [0.4, 0.5) is 0 Å². The van der Waals surface area contributed by atoms with Crippen LogP contribution in [-0.2, 0) is 6.42 Å². The van der Waals surface area contributed by atoms with E-state index < -0.39 is 0 Å². The van der Waals surface area contributed by atoms with E-state index in [1.165, 1.54) is 58.2 Å². The number of benzene rings is 1. The third-order valence-corrected chi connectivity index (χ3v) is 4.93. The molecule has 2 heteroatoms. The first-order chi connectivity index (χ1) is 9.88. The van der Waals surface area contributed by atoms with Crippen molar-refractivity contribution in [2.24, 2.45) is 0 Å². The maximum Gasteiger partial charge on any atom is 0.0351 e. The van der Waals surface area contributed by atoms with Gasteiger partial charge in [-0.3, -0.25) is 4.90 Å². The molecule has 1 aromatic carbocycles. The summed E-state index contributed by atoms with van der Waals surface area (Å²) in [5, 5.41) is 3.73. The Balaban J connectivity index is 1.78. The summed E-state index contributed by atoms with van der Waals surface area (Å²) >= 11 is 0. The van der Waals surface area contributed by atoms with E-state index in [1.807, 2.05) is 0 Å². The van der Waals surface area contributed by atoms with Crippen LogP contribution in [0.3, 0.4) is 0 Å². The van der Waals surface area contributed by atoms with Crippen LogP contribution in [0.2, 0.25) is 0 Å². The summed E-state index contributed by atoms with van der Waals surface area (Å²) < 4.78 is 0. The molecule has 0 bridgehead atoms. The van der Waals surface area contributed by atoms with Crippen molar-refractivity contribution in [3.05, 3.63) is 35.4 Å². The van der Waals surface area contributed by atoms with Gasteiger partial charge in [0, 0.05) is 25.2 Å². The molecule has 0 aromatic heterocycles. The van der Waals surface area contributed by atoms with Gasteiger partial charge in [-0.1, -0.05) is 37.6 Å². The van der Waals surface area contributed by atoms with Gasteiger partial charge in [-0.25, -0.2) is 0 Å². The van der Waals surface area contributed by atoms with E-state index in [1.54, 1.807) is 11.1 Å². The Morgan fingerprint density at radius 1 is 1.25 bits per heavy atom. The van der Waals surface area contributed by atoms with Crippen molar-refractivity contribution < 1.29 is 0 Å². The SMILES string of the molecule is CCCC1CN(C2CCCc3ccccc32)CCCN1. The molecule has 2 unspecified atom stereocenters. The molecule has 1 saturated heterocycles. The number of nitrogens with zero attached hydrogens (tertiary/aromatic N) is 1. The normalized spacial score (nSPS) is 27.9. The lowest BCUT2D eigenvalue weighted by Crippen LogP contribution is -2.40. The molecule has 1 heterocycles. The lowest BCUT2D eigenvalue weighted by Gasteiger charge is -2.36. The zero-order valence-corrected chi connectivity index (χ0v) is 12.8. The van der Waals surface area contributed by atoms with E-state index in [2.05, 4.69) is 41.4 Å². The highest BCUT2D eigenvalue weighted by molar-refractivity contribution is 5.32. The van der Waals surface area contributed by atoms with Gasteiger partial charge in [-0.15, -0.1) is 0 Å². The fourth-order valence-corrected chi connectivity index (χ4v) is 3.96. The summed E-state index contributed by atoms with van der Waals surface area (Å²) in [6, 6.07) is 10.5. The molecule has 0 radical (unpaired) electrons. The first-order valence-corrected chi connectivity index (χ1v) is 8.43. The van der Waals surface area contributed by atoms with Crippen molar-refractivity contribution in [1.29, 1.82) is 0 Å². The summed E-state index contributed by atoms with van der Waals surface area (Å²) in [6.07, 6.45) is 7.85. The van der Waals surface area contributed by atoms with E-state index in [-0.39, 0.29) is 0 Å². The van der Waals surface area contributed by atoms with Crippen LogP contribution in [0.5, 0.6) is 0 Å². The summed E-state index contributed by atoms with van der Waals surface area (Å²) in [5.41, 5.74) is 3.20. The zero-order chi connectivity index (χ0) is 13.8. The number of aryl methyl sites for hydroxylation is 1. The molecule has 0 spiro atoms. The third kappa shape index (κ3) is 3.07. The first-order valence-electron chi connectivity index (χ1n) is 8.43. The number of rotatable bonds is 3. The van der Waals surface area contributed by atoms with Crippen LogP contribution in [0.1, 0.15) is 56.2 Å². The van der Waals surface area contributed by atoms with Gasteiger partial charge in [0.1, 0.15) is 0 Å². The Bertz CT molecular complexity index is 429. The predicted molar refractivity (Wildman–Crippen MR) is 85.0 cm³/mol. The van der Waals surface area contributed by atoms with Crippen molar-refractivity contribution in [3.8, 4) is 0 Å². The average molecular weight is 272 g/mol. The molecule has 2 nitrogen and oxygen atoms in total. The Labute approximate surface area is 123 Å². The van der Waals surface area contributed by atoms with Gasteiger partial charge >= 0.3 is 0 Å². The molecular weight excluding hydrogens is 244 g/mol. The fourth-order valence-electron chi connectivity index (χ4n) is 3.96. The summed E-state index contributed by atoms with van der Waals surface area (Å²) in [7, 11) is 0. The minimum atomic E-state index is 0.666. The second kappa shape index (κ2) is 6.73. The zero-order valence-electron chi connectivity index (χ0n) is 12.8. The van der Waals surface area contributed by atoms with E-state index in [9.17, 15) is 0 Å². The van der Waals surface area contributed by atoms with Gasteiger partial charge < -0.3 is 5.32 Å². The van der Waals surface area contributed by atoms with Crippen molar-refractivity contribution in [2.45, 2.75) is 57.5 Å². The fraction of sp³-hybridized carbons (Fsp3) is 0.667. The summed E-state index contributed by atoms with van der Waals surface area (Å²) in [4.78, 5) is 2.76. The van der Waals surface area contributed by atoms with Crippen molar-refractivity contribution in [1.82, 2.24) is 10.2 Å². The number of hydrogen-bond donors (Lipinski definition) is 1. The standard InChI is InChI=1S/C18H28N2/c1-2-7-16-14-20(13-6-12-19-16)18-11-5-9-15-8-3-4-10-17(15)18/h3-4,8,10,16,18-19H,2,5-7,9,11-14H2,1H3. The molecule has 3 rings (SSSR count). The maximum absolute atomic E-state index is 3.73. The van der Waals surface area contributed by atoms with Crippen LogP contribution in [0.25, 0.3) is 0 Å². The number of hydrogen-bond acceptors (Lipinski definition) is 2. The van der Waals surface area contributed by atoms with Gasteiger partial charge in [0.2, 0.25) is 0 Å². The highest BCUT2D eigenvalue weighted by Gasteiger charge is 2.28. The van der Waals surface area contributed by atoms with Gasteiger partial charge in [0.05, 0.1) is 0 Å². The number of fused-ring (bicyclic) bond motifs is 1. The molecule has 1 aromatic rings. The van der Waals surface area contributed by atoms with Crippen molar-refractivity contribution in [3.63, 3.8) is 0 Å². The molecule has 20 heavy (non-hydrogen) atoms. The van der Waals surface area contributed by atoms with Crippen molar-refractivity contribution >= 4 is 0 Å². The Hall–Kier alpha value is -0.860. The lowest BCUT2D eigenvalue weighted by atomic mass is 9.86. The van der Waals surface area contributed by atoms with E-state index in [4.69, 9.17) is 0 Å². The Kier molecular flexibility index (Phi) is 4.74. The molecular formula is C18H28N2. The van der Waals surface area contributed by atoms with Crippen LogP contribution in [0, 0.1) is 0 Å². The molecule has 2 aliphatic rings. The van der Waals surface area contributed by atoms with E-state index in [0.29, 0.717) is 12.1 Å². The molecule has 110 valence electrons. The molecule has 1 fully saturated rings. The minimum absolute atomic E-state index is 0.666. The highest BCUT2D eigenvalue weighted by atomic mass is 15.2. The van der Waals surface area contributed by atoms with E-state index >= 15 is 0 Å². The monoisotopic (exact) mass is 272 g/mol. The molecule has 0 saturated carbocycles. The van der Waals surface area contributed by atoms with Crippen LogP contribution >= 0.6 is 0 Å². The van der Waals surface area contributed by atoms with E-state index in [0.717, 1.165) is 0 Å². The quantitative estimate of drug-likeness (QED) is 0.905. The van der Waals surface area contributed by atoms with Gasteiger partial charge in [-0.05, 0) is 49.8 Å². The first kappa shape index (κ1) is 14.1. The molecule has 2 atom stereocenters. The highest BCUT2D eigenvalue weighted by Crippen LogP contribution is 2.34. The lowest BCUT2D eigenvalue weighted by molar-refractivity contribution is 0.173. The second-order valence-corrected chi connectivity index (χ2v) is 6.40. The van der Waals surface area contributed by atoms with Crippen LogP contribution in [0.15, 0.2) is 24.3 Å². The Morgan fingerprint density at radius 3 is 3.05 bits per heavy atom. The average Bonchev–Trinajstić information content (AvgIpc) is 2.73. The second-order valence-electron chi connectivity index (χ2n) is 6.40.